The van der Waals surface area contributed by atoms with E-state index in [0.29, 0.717) is 42.5 Å². The Balaban J connectivity index is 1.57. The van der Waals surface area contributed by atoms with Crippen LogP contribution in [0.2, 0.25) is 0 Å². The summed E-state index contributed by atoms with van der Waals surface area (Å²) >= 11 is 0. The van der Waals surface area contributed by atoms with E-state index in [2.05, 4.69) is 4.98 Å². The summed E-state index contributed by atoms with van der Waals surface area (Å²) in [6.07, 6.45) is 0.532. The number of ether oxygens (including phenoxy) is 1. The van der Waals surface area contributed by atoms with Gasteiger partial charge in [-0.05, 0) is 56.2 Å². The number of likely N-dealkylation sites (tertiary alicyclic amines) is 1. The fourth-order valence-corrected chi connectivity index (χ4v) is 4.11. The third kappa shape index (κ3) is 4.39. The van der Waals surface area contributed by atoms with Crippen molar-refractivity contribution in [3.63, 3.8) is 0 Å². The molecule has 4 rings (SSSR count). The van der Waals surface area contributed by atoms with Crippen molar-refractivity contribution in [2.45, 2.75) is 31.8 Å². The molecule has 2 N–H and O–H groups in total. The Bertz CT molecular complexity index is 1180. The Hall–Kier alpha value is -3.55. The summed E-state index contributed by atoms with van der Waals surface area (Å²) in [6.45, 7) is 2.42. The Labute approximate surface area is 184 Å². The Morgan fingerprint density at radius 2 is 1.97 bits per heavy atom. The number of hydrogen-bond donors (Lipinski definition) is 1. The van der Waals surface area contributed by atoms with Gasteiger partial charge in [0.25, 0.3) is 11.8 Å². The Kier molecular flexibility index (Phi) is 6.03. The van der Waals surface area contributed by atoms with Gasteiger partial charge in [-0.15, -0.1) is 0 Å². The van der Waals surface area contributed by atoms with E-state index in [1.165, 1.54) is 24.3 Å². The molecule has 6 nitrogen and oxygen atoms in total. The van der Waals surface area contributed by atoms with E-state index in [1.807, 2.05) is 0 Å². The molecule has 0 aliphatic carbocycles. The molecule has 0 saturated carbocycles. The highest BCUT2D eigenvalue weighted by Gasteiger charge is 2.31. The number of amides is 2. The van der Waals surface area contributed by atoms with Crippen LogP contribution in [0.3, 0.4) is 0 Å². The monoisotopic (exact) mass is 439 g/mol. The highest BCUT2D eigenvalue weighted by atomic mass is 19.1. The molecule has 8 heteroatoms. The number of benzene rings is 2. The largest absolute Gasteiger partial charge is 0.478 e. The van der Waals surface area contributed by atoms with Crippen molar-refractivity contribution in [2.24, 2.45) is 5.73 Å². The van der Waals surface area contributed by atoms with Crippen molar-refractivity contribution < 1.29 is 23.1 Å². The number of nitrogens with zero attached hydrogens (tertiary/aromatic N) is 2. The van der Waals surface area contributed by atoms with Gasteiger partial charge in [-0.25, -0.2) is 8.78 Å². The first-order chi connectivity index (χ1) is 15.3. The smallest absolute Gasteiger partial charge is 0.263 e. The van der Waals surface area contributed by atoms with Gasteiger partial charge in [-0.3, -0.25) is 14.6 Å². The Morgan fingerprint density at radius 1 is 1.19 bits per heavy atom. The van der Waals surface area contributed by atoms with Crippen LogP contribution in [0.4, 0.5) is 8.78 Å². The molecule has 32 heavy (non-hydrogen) atoms. The molecule has 0 radical (unpaired) electrons. The molecule has 2 amide bonds. The Morgan fingerprint density at radius 3 is 2.72 bits per heavy atom. The number of rotatable bonds is 5. The van der Waals surface area contributed by atoms with Crippen LogP contribution in [0.25, 0.3) is 10.9 Å². The van der Waals surface area contributed by atoms with E-state index >= 15 is 0 Å². The summed E-state index contributed by atoms with van der Waals surface area (Å²) in [6, 6.07) is 11.6. The van der Waals surface area contributed by atoms with E-state index in [0.717, 1.165) is 0 Å². The molecular formula is C24H23F2N3O3. The SMILES string of the molecule is C[C@H](Oc1ccccc1F)C(=O)N1CCC[C@@H](c2nc3ccc(F)cc3cc2C(N)=O)C1. The van der Waals surface area contributed by atoms with Crippen LogP contribution in [0, 0.1) is 11.6 Å². The van der Waals surface area contributed by atoms with Crippen LogP contribution in [0.5, 0.6) is 5.75 Å². The van der Waals surface area contributed by atoms with Crippen molar-refractivity contribution in [1.29, 1.82) is 0 Å². The van der Waals surface area contributed by atoms with Crippen molar-refractivity contribution in [2.75, 3.05) is 13.1 Å². The number of aromatic nitrogens is 1. The van der Waals surface area contributed by atoms with Crippen LogP contribution in [-0.2, 0) is 4.79 Å². The highest BCUT2D eigenvalue weighted by Crippen LogP contribution is 2.31. The van der Waals surface area contributed by atoms with Crippen molar-refractivity contribution in [3.05, 3.63) is 71.4 Å². The van der Waals surface area contributed by atoms with Crippen LogP contribution >= 0.6 is 0 Å². The highest BCUT2D eigenvalue weighted by molar-refractivity contribution is 5.98. The summed E-state index contributed by atoms with van der Waals surface area (Å²) in [4.78, 5) is 31.3. The van der Waals surface area contributed by atoms with Gasteiger partial charge in [0, 0.05) is 24.4 Å². The molecule has 3 aromatic rings. The third-order valence-electron chi connectivity index (χ3n) is 5.68. The molecule has 1 aromatic heterocycles. The number of para-hydroxylation sites is 1. The second-order valence-electron chi connectivity index (χ2n) is 7.94. The number of nitrogens with two attached hydrogens (primary N) is 1. The zero-order valence-corrected chi connectivity index (χ0v) is 17.6. The molecular weight excluding hydrogens is 416 g/mol. The fourth-order valence-electron chi connectivity index (χ4n) is 4.11. The standard InChI is InChI=1S/C24H23F2N3O3/c1-14(32-21-7-3-2-6-19(21)26)24(31)29-10-4-5-15(13-29)22-18(23(27)30)12-16-11-17(25)8-9-20(16)28-22/h2-3,6-9,11-12,14-15H,4-5,10,13H2,1H3,(H2,27,30)/t14-,15+/m0/s1. The summed E-state index contributed by atoms with van der Waals surface area (Å²) in [7, 11) is 0. The van der Waals surface area contributed by atoms with Gasteiger partial charge in [0.2, 0.25) is 0 Å². The number of primary amides is 1. The molecule has 1 saturated heterocycles. The van der Waals surface area contributed by atoms with Crippen molar-refractivity contribution >= 4 is 22.7 Å². The van der Waals surface area contributed by atoms with Crippen LogP contribution in [0.15, 0.2) is 48.5 Å². The summed E-state index contributed by atoms with van der Waals surface area (Å²) < 4.78 is 33.0. The lowest BCUT2D eigenvalue weighted by Crippen LogP contribution is -2.45. The molecule has 2 atom stereocenters. The van der Waals surface area contributed by atoms with E-state index < -0.39 is 23.6 Å². The summed E-state index contributed by atoms with van der Waals surface area (Å²) in [5, 5.41) is 0.484. The number of hydrogen-bond acceptors (Lipinski definition) is 4. The average Bonchev–Trinajstić information content (AvgIpc) is 2.79. The van der Waals surface area contributed by atoms with Gasteiger partial charge < -0.3 is 15.4 Å². The zero-order chi connectivity index (χ0) is 22.8. The molecule has 1 fully saturated rings. The van der Waals surface area contributed by atoms with Crippen molar-refractivity contribution in [1.82, 2.24) is 9.88 Å². The first kappa shape index (κ1) is 21.7. The van der Waals surface area contributed by atoms with Gasteiger partial charge in [0.15, 0.2) is 17.7 Å². The first-order valence-corrected chi connectivity index (χ1v) is 10.4. The number of piperidine rings is 1. The lowest BCUT2D eigenvalue weighted by molar-refractivity contribution is -0.139. The third-order valence-corrected chi connectivity index (χ3v) is 5.68. The molecule has 1 aliphatic heterocycles. The normalized spacial score (nSPS) is 17.2. The van der Waals surface area contributed by atoms with E-state index in [9.17, 15) is 18.4 Å². The quantitative estimate of drug-likeness (QED) is 0.656. The summed E-state index contributed by atoms with van der Waals surface area (Å²) in [5.74, 6) is -2.10. The number of fused-ring (bicyclic) bond motifs is 1. The predicted molar refractivity (Wildman–Crippen MR) is 115 cm³/mol. The number of carbonyl (C=O) groups excluding carboxylic acids is 2. The van der Waals surface area contributed by atoms with E-state index in [4.69, 9.17) is 10.5 Å². The predicted octanol–water partition coefficient (Wildman–Crippen LogP) is 3.79. The fraction of sp³-hybridized carbons (Fsp3) is 0.292. The molecule has 2 heterocycles. The molecule has 0 unspecified atom stereocenters. The van der Waals surface area contributed by atoms with E-state index in [1.54, 1.807) is 36.1 Å². The van der Waals surface area contributed by atoms with Gasteiger partial charge in [0.05, 0.1) is 16.8 Å². The van der Waals surface area contributed by atoms with Gasteiger partial charge in [-0.1, -0.05) is 12.1 Å². The zero-order valence-electron chi connectivity index (χ0n) is 17.6. The van der Waals surface area contributed by atoms with Crippen molar-refractivity contribution in [3.8, 4) is 5.75 Å². The van der Waals surface area contributed by atoms with Gasteiger partial charge in [-0.2, -0.15) is 0 Å². The first-order valence-electron chi connectivity index (χ1n) is 10.4. The van der Waals surface area contributed by atoms with Gasteiger partial charge in [0.1, 0.15) is 5.82 Å². The van der Waals surface area contributed by atoms with Gasteiger partial charge >= 0.3 is 0 Å². The minimum Gasteiger partial charge on any atom is -0.478 e. The minimum atomic E-state index is -0.881. The molecule has 0 bridgehead atoms. The molecule has 2 aromatic carbocycles. The average molecular weight is 439 g/mol. The number of pyridine rings is 1. The lowest BCUT2D eigenvalue weighted by atomic mass is 9.90. The van der Waals surface area contributed by atoms with Crippen LogP contribution in [-0.4, -0.2) is 40.9 Å². The maximum absolute atomic E-state index is 13.9. The topological polar surface area (TPSA) is 85.5 Å². The summed E-state index contributed by atoms with van der Waals surface area (Å²) in [5.41, 5.74) is 6.85. The molecule has 1 aliphatic rings. The van der Waals surface area contributed by atoms with Crippen LogP contribution in [0.1, 0.15) is 41.7 Å². The second kappa shape index (κ2) is 8.90. The number of halogens is 2. The minimum absolute atomic E-state index is 0.0151. The second-order valence-corrected chi connectivity index (χ2v) is 7.94. The lowest BCUT2D eigenvalue weighted by Gasteiger charge is -2.34. The number of carbonyl (C=O) groups is 2. The maximum Gasteiger partial charge on any atom is 0.263 e. The molecule has 166 valence electrons. The maximum atomic E-state index is 13.9. The van der Waals surface area contributed by atoms with Crippen LogP contribution < -0.4 is 10.5 Å². The van der Waals surface area contributed by atoms with E-state index in [-0.39, 0.29) is 23.1 Å². The molecule has 0 spiro atoms.